The van der Waals surface area contributed by atoms with Gasteiger partial charge in [-0.25, -0.2) is 4.79 Å². The van der Waals surface area contributed by atoms with Crippen LogP contribution in [0.5, 0.6) is 5.75 Å². The minimum absolute atomic E-state index is 0.153. The van der Waals surface area contributed by atoms with Crippen molar-refractivity contribution in [3.8, 4) is 5.75 Å². The van der Waals surface area contributed by atoms with E-state index in [0.29, 0.717) is 12.2 Å². The molecule has 1 fully saturated rings. The first kappa shape index (κ1) is 32.4. The van der Waals surface area contributed by atoms with Crippen LogP contribution < -0.4 is 4.74 Å². The van der Waals surface area contributed by atoms with Crippen molar-refractivity contribution in [1.82, 2.24) is 0 Å². The van der Waals surface area contributed by atoms with Crippen molar-refractivity contribution >= 4 is 16.7 Å². The number of carbonyl (C=O) groups excluding carboxylic acids is 1. The van der Waals surface area contributed by atoms with Crippen molar-refractivity contribution in [2.45, 2.75) is 148 Å². The van der Waals surface area contributed by atoms with Gasteiger partial charge in [-0.05, 0) is 54.3 Å². The average Bonchev–Trinajstić information content (AvgIpc) is 2.98. The second-order valence-corrected chi connectivity index (χ2v) is 11.8. The van der Waals surface area contributed by atoms with E-state index in [2.05, 4.69) is 6.92 Å². The molecule has 2 aromatic rings. The van der Waals surface area contributed by atoms with Crippen LogP contribution in [0.4, 0.5) is 0 Å². The molecule has 224 valence electrons. The molecule has 1 heterocycles. The molecule has 0 amide bonds. The molecule has 1 atom stereocenters. The fourth-order valence-corrected chi connectivity index (χ4v) is 5.63. The number of esters is 1. The van der Waals surface area contributed by atoms with Crippen LogP contribution in [-0.4, -0.2) is 25.5 Å². The van der Waals surface area contributed by atoms with Crippen LogP contribution in [0.2, 0.25) is 0 Å². The highest BCUT2D eigenvalue weighted by atomic mass is 16.7. The Labute approximate surface area is 244 Å². The first-order chi connectivity index (χ1) is 19.8. The highest BCUT2D eigenvalue weighted by molar-refractivity contribution is 5.95. The summed E-state index contributed by atoms with van der Waals surface area (Å²) < 4.78 is 17.2. The monoisotopic (exact) mass is 552 g/mol. The molecule has 4 heteroatoms. The van der Waals surface area contributed by atoms with Crippen molar-refractivity contribution < 1.29 is 19.0 Å². The topological polar surface area (TPSA) is 44.8 Å². The second-order valence-electron chi connectivity index (χ2n) is 11.8. The number of fused-ring (bicyclic) bond motifs is 1. The third-order valence-electron chi connectivity index (χ3n) is 8.18. The summed E-state index contributed by atoms with van der Waals surface area (Å²) in [5.41, 5.74) is 0.610. The summed E-state index contributed by atoms with van der Waals surface area (Å²) in [4.78, 5) is 12.5. The van der Waals surface area contributed by atoms with E-state index in [-0.39, 0.29) is 12.3 Å². The fraction of sp³-hybridized carbons (Fsp3) is 0.694. The van der Waals surface area contributed by atoms with Crippen LogP contribution in [0, 0.1) is 0 Å². The van der Waals surface area contributed by atoms with Crippen molar-refractivity contribution in [3.05, 3.63) is 42.0 Å². The predicted octanol–water partition coefficient (Wildman–Crippen LogP) is 10.9. The summed E-state index contributed by atoms with van der Waals surface area (Å²) in [7, 11) is 0. The van der Waals surface area contributed by atoms with E-state index in [0.717, 1.165) is 55.2 Å². The van der Waals surface area contributed by atoms with Crippen LogP contribution in [0.15, 0.2) is 36.4 Å². The molecular formula is C36H56O4. The summed E-state index contributed by atoms with van der Waals surface area (Å²) in [5, 5.41) is 2.06. The zero-order chi connectivity index (χ0) is 28.1. The first-order valence-electron chi connectivity index (χ1n) is 16.8. The Morgan fingerprint density at radius 1 is 0.700 bits per heavy atom. The van der Waals surface area contributed by atoms with Crippen LogP contribution >= 0.6 is 0 Å². The van der Waals surface area contributed by atoms with Crippen molar-refractivity contribution in [2.75, 3.05) is 13.2 Å². The van der Waals surface area contributed by atoms with Crippen molar-refractivity contribution in [3.63, 3.8) is 0 Å². The molecule has 0 N–H and O–H groups in total. The third kappa shape index (κ3) is 13.5. The molecule has 0 bridgehead atoms. The highest BCUT2D eigenvalue weighted by Crippen LogP contribution is 2.25. The number of carbonyl (C=O) groups is 1. The molecule has 0 radical (unpaired) electrons. The molecule has 40 heavy (non-hydrogen) atoms. The second kappa shape index (κ2) is 20.8. The molecule has 0 aromatic heterocycles. The molecular weight excluding hydrogens is 496 g/mol. The normalized spacial score (nSPS) is 15.4. The molecule has 0 saturated carbocycles. The third-order valence-corrected chi connectivity index (χ3v) is 8.18. The largest absolute Gasteiger partial charge is 0.465 e. The van der Waals surface area contributed by atoms with Gasteiger partial charge >= 0.3 is 5.97 Å². The van der Waals surface area contributed by atoms with Gasteiger partial charge in [0.15, 0.2) is 6.29 Å². The zero-order valence-corrected chi connectivity index (χ0v) is 25.4. The summed E-state index contributed by atoms with van der Waals surface area (Å²) in [6, 6.07) is 11.7. The number of rotatable bonds is 22. The first-order valence-corrected chi connectivity index (χ1v) is 16.8. The predicted molar refractivity (Wildman–Crippen MR) is 167 cm³/mol. The molecule has 3 rings (SSSR count). The number of benzene rings is 2. The molecule has 0 aliphatic carbocycles. The molecule has 4 nitrogen and oxygen atoms in total. The van der Waals surface area contributed by atoms with Crippen LogP contribution in [0.1, 0.15) is 152 Å². The van der Waals surface area contributed by atoms with E-state index in [1.807, 2.05) is 36.4 Å². The van der Waals surface area contributed by atoms with Crippen LogP contribution in [-0.2, 0) is 9.47 Å². The maximum atomic E-state index is 12.5. The van der Waals surface area contributed by atoms with Gasteiger partial charge in [0.05, 0.1) is 18.8 Å². The standard InChI is InChI=1S/C36H56O4/c1-2-3-4-5-6-7-8-9-10-11-12-13-14-15-16-17-18-20-28-39-36(37)33-24-23-32-30-34(26-25-31(32)29-33)40-35-22-19-21-27-38-35/h23-26,29-30,35H,2-22,27-28H2,1H3. The minimum Gasteiger partial charge on any atom is -0.465 e. The van der Waals surface area contributed by atoms with E-state index in [1.54, 1.807) is 0 Å². The van der Waals surface area contributed by atoms with E-state index >= 15 is 0 Å². The Hall–Kier alpha value is -2.07. The maximum Gasteiger partial charge on any atom is 0.338 e. The summed E-state index contributed by atoms with van der Waals surface area (Å²) >= 11 is 0. The summed E-state index contributed by atoms with van der Waals surface area (Å²) in [6.45, 7) is 3.56. The Bertz CT molecular complexity index is 934. The lowest BCUT2D eigenvalue weighted by atomic mass is 10.0. The lowest BCUT2D eigenvalue weighted by Gasteiger charge is -2.23. The van der Waals surface area contributed by atoms with Gasteiger partial charge in [0.25, 0.3) is 0 Å². The molecule has 1 saturated heterocycles. The van der Waals surface area contributed by atoms with Crippen LogP contribution in [0.3, 0.4) is 0 Å². The van der Waals surface area contributed by atoms with E-state index < -0.39 is 0 Å². The number of unbranched alkanes of at least 4 members (excludes halogenated alkanes) is 17. The fourth-order valence-electron chi connectivity index (χ4n) is 5.63. The average molecular weight is 553 g/mol. The number of hydrogen-bond donors (Lipinski definition) is 0. The summed E-state index contributed by atoms with van der Waals surface area (Å²) in [5.74, 6) is 0.577. The number of ether oxygens (including phenoxy) is 3. The smallest absolute Gasteiger partial charge is 0.338 e. The number of hydrogen-bond acceptors (Lipinski definition) is 4. The SMILES string of the molecule is CCCCCCCCCCCCCCCCCCCCOC(=O)c1ccc2cc(OC3CCCCO3)ccc2c1. The molecule has 2 aromatic carbocycles. The van der Waals surface area contributed by atoms with Gasteiger partial charge in [-0.3, -0.25) is 0 Å². The molecule has 1 aliphatic heterocycles. The van der Waals surface area contributed by atoms with Gasteiger partial charge < -0.3 is 14.2 Å². The van der Waals surface area contributed by atoms with Gasteiger partial charge in [0.2, 0.25) is 0 Å². The highest BCUT2D eigenvalue weighted by Gasteiger charge is 2.15. The Morgan fingerprint density at radius 2 is 1.25 bits per heavy atom. The van der Waals surface area contributed by atoms with Crippen molar-refractivity contribution in [2.24, 2.45) is 0 Å². The maximum absolute atomic E-state index is 12.5. The van der Waals surface area contributed by atoms with Gasteiger partial charge in [0.1, 0.15) is 5.75 Å². The lowest BCUT2D eigenvalue weighted by Crippen LogP contribution is -2.24. The van der Waals surface area contributed by atoms with Gasteiger partial charge in [-0.2, -0.15) is 0 Å². The van der Waals surface area contributed by atoms with E-state index in [1.165, 1.54) is 103 Å². The van der Waals surface area contributed by atoms with Gasteiger partial charge in [0, 0.05) is 6.42 Å². The van der Waals surface area contributed by atoms with Gasteiger partial charge in [-0.15, -0.1) is 0 Å². The summed E-state index contributed by atoms with van der Waals surface area (Å²) in [6.07, 6.45) is 27.4. The van der Waals surface area contributed by atoms with Gasteiger partial charge in [-0.1, -0.05) is 128 Å². The molecule has 1 unspecified atom stereocenters. The van der Waals surface area contributed by atoms with E-state index in [4.69, 9.17) is 14.2 Å². The van der Waals surface area contributed by atoms with Crippen LogP contribution in [0.25, 0.3) is 10.8 Å². The minimum atomic E-state index is -0.232. The Kier molecular flexibility index (Phi) is 16.8. The molecule has 0 spiro atoms. The Balaban J connectivity index is 1.14. The van der Waals surface area contributed by atoms with E-state index in [9.17, 15) is 4.79 Å². The lowest BCUT2D eigenvalue weighted by molar-refractivity contribution is -0.105. The quantitative estimate of drug-likeness (QED) is 0.108. The molecule has 1 aliphatic rings. The zero-order valence-electron chi connectivity index (χ0n) is 25.4. The Morgan fingerprint density at radius 3 is 1.82 bits per heavy atom. The van der Waals surface area contributed by atoms with Crippen molar-refractivity contribution in [1.29, 1.82) is 0 Å².